The Morgan fingerprint density at radius 3 is 2.55 bits per heavy atom. The number of nitrogens with two attached hydrogens (primary N) is 1. The van der Waals surface area contributed by atoms with E-state index in [1.807, 2.05) is 36.6 Å². The highest BCUT2D eigenvalue weighted by molar-refractivity contribution is 7.89. The minimum Gasteiger partial charge on any atom is -0.378 e. The van der Waals surface area contributed by atoms with Crippen LogP contribution in [0.1, 0.15) is 35.9 Å². The summed E-state index contributed by atoms with van der Waals surface area (Å²) in [6.07, 6.45) is 1.24. The van der Waals surface area contributed by atoms with E-state index in [1.165, 1.54) is 12.1 Å². The molecule has 3 aromatic rings. The summed E-state index contributed by atoms with van der Waals surface area (Å²) in [6.45, 7) is 2.68. The Hall–Kier alpha value is -3.44. The maximum atomic E-state index is 12.3. The van der Waals surface area contributed by atoms with Gasteiger partial charge in [-0.15, -0.1) is 0 Å². The van der Waals surface area contributed by atoms with Crippen LogP contribution in [-0.2, 0) is 27.8 Å². The fourth-order valence-corrected chi connectivity index (χ4v) is 3.95. The summed E-state index contributed by atoms with van der Waals surface area (Å²) in [5.74, 6) is -0.133. The minimum absolute atomic E-state index is 0.0125. The van der Waals surface area contributed by atoms with Gasteiger partial charge in [-0.2, -0.15) is 0 Å². The highest BCUT2D eigenvalue weighted by Gasteiger charge is 2.16. The molecule has 0 bridgehead atoms. The second-order valence-electron chi connectivity index (χ2n) is 7.82. The van der Waals surface area contributed by atoms with E-state index in [0.717, 1.165) is 17.6 Å². The van der Waals surface area contributed by atoms with Crippen LogP contribution in [-0.4, -0.2) is 43.9 Å². The van der Waals surface area contributed by atoms with Crippen molar-refractivity contribution >= 4 is 38.6 Å². The minimum atomic E-state index is -3.84. The zero-order valence-electron chi connectivity index (χ0n) is 18.8. The molecule has 0 atom stereocenters. The van der Waals surface area contributed by atoms with Gasteiger partial charge in [0.25, 0.3) is 5.91 Å². The van der Waals surface area contributed by atoms with Crippen LogP contribution < -0.4 is 20.9 Å². The third-order valence-electron chi connectivity index (χ3n) is 5.09. The molecule has 33 heavy (non-hydrogen) atoms. The van der Waals surface area contributed by atoms with Crippen molar-refractivity contribution < 1.29 is 18.0 Å². The summed E-state index contributed by atoms with van der Waals surface area (Å²) in [4.78, 5) is 31.1. The fourth-order valence-electron chi connectivity index (χ4n) is 3.41. The molecule has 11 heteroatoms. The van der Waals surface area contributed by atoms with Gasteiger partial charge in [0, 0.05) is 44.7 Å². The van der Waals surface area contributed by atoms with E-state index in [0.29, 0.717) is 29.9 Å². The lowest BCUT2D eigenvalue weighted by Crippen LogP contribution is -2.41. The van der Waals surface area contributed by atoms with E-state index in [4.69, 9.17) is 5.14 Å². The SMILES string of the molecule is CCCn1c(CCC(=O)NNC(=O)c2cccc(N(C)C)c2)nc2cc(S(N)(=O)=O)ccc21. The number of carbonyl (C=O) groups is 2. The van der Waals surface area contributed by atoms with Gasteiger partial charge in [0.15, 0.2) is 0 Å². The molecular weight excluding hydrogens is 444 g/mol. The smallest absolute Gasteiger partial charge is 0.269 e. The first-order valence-corrected chi connectivity index (χ1v) is 12.0. The van der Waals surface area contributed by atoms with Gasteiger partial charge in [0.2, 0.25) is 15.9 Å². The summed E-state index contributed by atoms with van der Waals surface area (Å²) < 4.78 is 25.2. The number of fused-ring (bicyclic) bond motifs is 1. The highest BCUT2D eigenvalue weighted by atomic mass is 32.2. The quantitative estimate of drug-likeness (QED) is 0.425. The van der Waals surface area contributed by atoms with Gasteiger partial charge in [-0.25, -0.2) is 18.5 Å². The molecule has 0 aliphatic carbocycles. The number of carbonyl (C=O) groups excluding carboxylic acids is 2. The normalized spacial score (nSPS) is 11.4. The number of anilines is 1. The molecule has 2 amide bonds. The van der Waals surface area contributed by atoms with Crippen molar-refractivity contribution in [2.24, 2.45) is 5.14 Å². The number of nitrogens with zero attached hydrogens (tertiary/aromatic N) is 3. The van der Waals surface area contributed by atoms with E-state index < -0.39 is 15.9 Å². The van der Waals surface area contributed by atoms with Crippen LogP contribution in [0, 0.1) is 0 Å². The molecule has 0 saturated carbocycles. The number of hydrazine groups is 1. The topological polar surface area (TPSA) is 139 Å². The molecule has 2 aromatic carbocycles. The van der Waals surface area contributed by atoms with Crippen LogP contribution in [0.25, 0.3) is 11.0 Å². The molecule has 0 radical (unpaired) electrons. The molecule has 0 aliphatic heterocycles. The van der Waals surface area contributed by atoms with Crippen LogP contribution in [0.15, 0.2) is 47.4 Å². The van der Waals surface area contributed by atoms with Gasteiger partial charge in [-0.05, 0) is 42.8 Å². The van der Waals surface area contributed by atoms with Gasteiger partial charge < -0.3 is 9.47 Å². The van der Waals surface area contributed by atoms with Crippen molar-refractivity contribution in [1.29, 1.82) is 0 Å². The molecule has 0 unspecified atom stereocenters. The zero-order valence-corrected chi connectivity index (χ0v) is 19.6. The molecule has 3 rings (SSSR count). The van der Waals surface area contributed by atoms with Gasteiger partial charge in [0.1, 0.15) is 5.82 Å². The standard InChI is InChI=1S/C22H28N6O4S/c1-4-12-28-19-9-8-17(33(23,31)32)14-18(19)24-20(28)10-11-21(29)25-26-22(30)15-6-5-7-16(13-15)27(2)3/h5-9,13-14H,4,10-12H2,1-3H3,(H,25,29)(H,26,30)(H2,23,31,32). The fraction of sp³-hybridized carbons (Fsp3) is 0.318. The Morgan fingerprint density at radius 2 is 1.88 bits per heavy atom. The Balaban J connectivity index is 1.66. The first-order valence-electron chi connectivity index (χ1n) is 10.5. The number of primary sulfonamides is 1. The number of imidazole rings is 1. The molecule has 0 spiro atoms. The van der Waals surface area contributed by atoms with Crippen molar-refractivity contribution in [2.45, 2.75) is 37.6 Å². The predicted molar refractivity (Wildman–Crippen MR) is 126 cm³/mol. The second-order valence-corrected chi connectivity index (χ2v) is 9.38. The number of nitrogens with one attached hydrogen (secondary N) is 2. The third-order valence-corrected chi connectivity index (χ3v) is 6.00. The molecule has 10 nitrogen and oxygen atoms in total. The number of aryl methyl sites for hydroxylation is 2. The summed E-state index contributed by atoms with van der Waals surface area (Å²) in [5, 5.41) is 5.22. The molecule has 0 saturated heterocycles. The van der Waals surface area contributed by atoms with E-state index in [9.17, 15) is 18.0 Å². The molecule has 176 valence electrons. The zero-order chi connectivity index (χ0) is 24.2. The number of benzene rings is 2. The molecule has 4 N–H and O–H groups in total. The summed E-state index contributed by atoms with van der Waals surface area (Å²) in [7, 11) is -0.0873. The average Bonchev–Trinajstić information content (AvgIpc) is 3.12. The predicted octanol–water partition coefficient (Wildman–Crippen LogP) is 1.55. The maximum absolute atomic E-state index is 12.3. The molecule has 0 aliphatic rings. The van der Waals surface area contributed by atoms with E-state index in [1.54, 1.807) is 24.3 Å². The highest BCUT2D eigenvalue weighted by Crippen LogP contribution is 2.21. The summed E-state index contributed by atoms with van der Waals surface area (Å²) in [6, 6.07) is 11.6. The number of hydrogen-bond donors (Lipinski definition) is 3. The summed E-state index contributed by atoms with van der Waals surface area (Å²) >= 11 is 0. The number of sulfonamides is 1. The number of hydrogen-bond acceptors (Lipinski definition) is 6. The van der Waals surface area contributed by atoms with Gasteiger partial charge in [-0.1, -0.05) is 13.0 Å². The number of aromatic nitrogens is 2. The third kappa shape index (κ3) is 5.88. The van der Waals surface area contributed by atoms with Gasteiger partial charge in [-0.3, -0.25) is 20.4 Å². The maximum Gasteiger partial charge on any atom is 0.269 e. The van der Waals surface area contributed by atoms with E-state index >= 15 is 0 Å². The summed E-state index contributed by atoms with van der Waals surface area (Å²) in [5.41, 5.74) is 7.42. The number of rotatable bonds is 8. The Bertz CT molecular complexity index is 1280. The second kappa shape index (κ2) is 10.0. The van der Waals surface area contributed by atoms with E-state index in [2.05, 4.69) is 15.8 Å². The van der Waals surface area contributed by atoms with Crippen molar-refractivity contribution in [3.8, 4) is 0 Å². The first-order chi connectivity index (χ1) is 15.6. The first kappa shape index (κ1) is 24.2. The Morgan fingerprint density at radius 1 is 1.12 bits per heavy atom. The monoisotopic (exact) mass is 472 g/mol. The van der Waals surface area contributed by atoms with Crippen LogP contribution in [0.3, 0.4) is 0 Å². The van der Waals surface area contributed by atoms with Crippen molar-refractivity contribution in [3.05, 3.63) is 53.9 Å². The van der Waals surface area contributed by atoms with Crippen LogP contribution in [0.5, 0.6) is 0 Å². The van der Waals surface area contributed by atoms with Crippen molar-refractivity contribution in [2.75, 3.05) is 19.0 Å². The lowest BCUT2D eigenvalue weighted by molar-refractivity contribution is -0.121. The largest absolute Gasteiger partial charge is 0.378 e. The van der Waals surface area contributed by atoms with Gasteiger partial charge in [0.05, 0.1) is 15.9 Å². The van der Waals surface area contributed by atoms with Gasteiger partial charge >= 0.3 is 0 Å². The lowest BCUT2D eigenvalue weighted by Gasteiger charge is -2.13. The Labute approximate surface area is 192 Å². The molecule has 1 aromatic heterocycles. The number of amides is 2. The molecule has 0 fully saturated rings. The van der Waals surface area contributed by atoms with Crippen LogP contribution in [0.2, 0.25) is 0 Å². The average molecular weight is 473 g/mol. The lowest BCUT2D eigenvalue weighted by atomic mass is 10.2. The molecule has 1 heterocycles. The molecular formula is C22H28N6O4S. The van der Waals surface area contributed by atoms with Crippen LogP contribution in [0.4, 0.5) is 5.69 Å². The Kier molecular flexibility index (Phi) is 7.34. The van der Waals surface area contributed by atoms with Crippen molar-refractivity contribution in [3.63, 3.8) is 0 Å². The van der Waals surface area contributed by atoms with Crippen molar-refractivity contribution in [1.82, 2.24) is 20.4 Å². The van der Waals surface area contributed by atoms with Crippen LogP contribution >= 0.6 is 0 Å². The van der Waals surface area contributed by atoms with E-state index in [-0.39, 0.29) is 17.2 Å².